The minimum absolute atomic E-state index is 0.000472. The predicted molar refractivity (Wildman–Crippen MR) is 111 cm³/mol. The van der Waals surface area contributed by atoms with Crippen LogP contribution in [0.2, 0.25) is 0 Å². The average Bonchev–Trinajstić information content (AvgIpc) is 3.24. The van der Waals surface area contributed by atoms with Gasteiger partial charge < -0.3 is 0 Å². The number of benzene rings is 3. The summed E-state index contributed by atoms with van der Waals surface area (Å²) in [7, 11) is 0. The van der Waals surface area contributed by atoms with Crippen LogP contribution < -0.4 is 5.01 Å². The smallest absolute Gasteiger partial charge is 0.258 e. The molecule has 2 heterocycles. The molecule has 132 valence electrons. The summed E-state index contributed by atoms with van der Waals surface area (Å²) in [5, 5.41) is 9.05. The zero-order valence-corrected chi connectivity index (χ0v) is 15.6. The van der Waals surface area contributed by atoms with Gasteiger partial charge in [-0.15, -0.1) is 0 Å². The SMILES string of the molecule is CC1=NN(c2nc3ccccc3s2)C(=O)C1Cc1cccc2ccccc12. The van der Waals surface area contributed by atoms with Crippen molar-refractivity contribution in [1.29, 1.82) is 0 Å². The van der Waals surface area contributed by atoms with Crippen LogP contribution in [0.15, 0.2) is 71.8 Å². The third-order valence-electron chi connectivity index (χ3n) is 5.04. The van der Waals surface area contributed by atoms with Crippen LogP contribution in [-0.2, 0) is 11.2 Å². The summed E-state index contributed by atoms with van der Waals surface area (Å²) in [5.41, 5.74) is 2.91. The molecule has 3 aromatic carbocycles. The van der Waals surface area contributed by atoms with Crippen LogP contribution in [0.1, 0.15) is 12.5 Å². The van der Waals surface area contributed by atoms with E-state index in [0.717, 1.165) is 15.9 Å². The van der Waals surface area contributed by atoms with Gasteiger partial charge in [-0.1, -0.05) is 65.9 Å². The number of carbonyl (C=O) groups is 1. The molecule has 5 rings (SSSR count). The highest BCUT2D eigenvalue weighted by Crippen LogP contribution is 2.33. The molecule has 27 heavy (non-hydrogen) atoms. The van der Waals surface area contributed by atoms with Gasteiger partial charge in [0.2, 0.25) is 5.13 Å². The van der Waals surface area contributed by atoms with E-state index in [1.165, 1.54) is 32.7 Å². The minimum Gasteiger partial charge on any atom is -0.272 e. The van der Waals surface area contributed by atoms with Gasteiger partial charge in [0.25, 0.3) is 5.91 Å². The molecule has 1 unspecified atom stereocenters. The number of amides is 1. The van der Waals surface area contributed by atoms with E-state index in [-0.39, 0.29) is 11.8 Å². The second-order valence-corrected chi connectivity index (χ2v) is 7.76. The van der Waals surface area contributed by atoms with Crippen molar-refractivity contribution in [2.24, 2.45) is 11.0 Å². The molecule has 0 radical (unpaired) electrons. The number of anilines is 1. The first-order chi connectivity index (χ1) is 13.2. The number of hydrazone groups is 1. The van der Waals surface area contributed by atoms with Crippen molar-refractivity contribution in [1.82, 2.24) is 4.98 Å². The molecule has 0 fully saturated rings. The molecular formula is C22H17N3OS. The number of hydrogen-bond donors (Lipinski definition) is 0. The molecule has 1 aliphatic heterocycles. The molecule has 1 aliphatic rings. The first kappa shape index (κ1) is 16.1. The highest BCUT2D eigenvalue weighted by molar-refractivity contribution is 7.22. The van der Waals surface area contributed by atoms with E-state index in [2.05, 4.69) is 40.4 Å². The van der Waals surface area contributed by atoms with E-state index in [1.807, 2.05) is 43.3 Å². The Hall–Kier alpha value is -3.05. The molecule has 4 aromatic rings. The van der Waals surface area contributed by atoms with Crippen LogP contribution in [0.4, 0.5) is 5.13 Å². The van der Waals surface area contributed by atoms with E-state index in [4.69, 9.17) is 0 Å². The third kappa shape index (κ3) is 2.71. The molecule has 0 aliphatic carbocycles. The van der Waals surface area contributed by atoms with Gasteiger partial charge >= 0.3 is 0 Å². The van der Waals surface area contributed by atoms with Crippen LogP contribution in [0.25, 0.3) is 21.0 Å². The van der Waals surface area contributed by atoms with Gasteiger partial charge in [0.15, 0.2) is 0 Å². The van der Waals surface area contributed by atoms with Crippen molar-refractivity contribution >= 4 is 49.1 Å². The Morgan fingerprint density at radius 2 is 1.78 bits per heavy atom. The van der Waals surface area contributed by atoms with Gasteiger partial charge in [-0.05, 0) is 41.8 Å². The fourth-order valence-corrected chi connectivity index (χ4v) is 4.54. The maximum Gasteiger partial charge on any atom is 0.258 e. The number of para-hydroxylation sites is 1. The molecule has 0 saturated carbocycles. The second kappa shape index (κ2) is 6.28. The molecule has 1 amide bonds. The van der Waals surface area contributed by atoms with Gasteiger partial charge in [-0.3, -0.25) is 4.79 Å². The van der Waals surface area contributed by atoms with Gasteiger partial charge in [-0.25, -0.2) is 4.98 Å². The normalized spacial score (nSPS) is 17.1. The zero-order chi connectivity index (χ0) is 18.4. The molecule has 0 saturated heterocycles. The summed E-state index contributed by atoms with van der Waals surface area (Å²) in [5.74, 6) is -0.248. The molecule has 4 nitrogen and oxygen atoms in total. The van der Waals surface area contributed by atoms with Gasteiger partial charge in [-0.2, -0.15) is 10.1 Å². The van der Waals surface area contributed by atoms with Crippen molar-refractivity contribution in [2.75, 3.05) is 5.01 Å². The van der Waals surface area contributed by atoms with Crippen molar-refractivity contribution in [3.05, 3.63) is 72.3 Å². The molecule has 0 spiro atoms. The Kier molecular flexibility index (Phi) is 3.76. The lowest BCUT2D eigenvalue weighted by Crippen LogP contribution is -2.28. The minimum atomic E-state index is -0.247. The third-order valence-corrected chi connectivity index (χ3v) is 6.05. The Morgan fingerprint density at radius 1 is 1.00 bits per heavy atom. The number of nitrogens with zero attached hydrogens (tertiary/aromatic N) is 3. The van der Waals surface area contributed by atoms with E-state index in [1.54, 1.807) is 0 Å². The maximum atomic E-state index is 13.1. The Bertz CT molecular complexity index is 1170. The summed E-state index contributed by atoms with van der Waals surface area (Å²) < 4.78 is 1.06. The van der Waals surface area contributed by atoms with E-state index in [0.29, 0.717) is 11.6 Å². The fourth-order valence-electron chi connectivity index (χ4n) is 3.62. The summed E-state index contributed by atoms with van der Waals surface area (Å²) in [6.07, 6.45) is 0.650. The van der Waals surface area contributed by atoms with Crippen molar-refractivity contribution in [2.45, 2.75) is 13.3 Å². The molecular weight excluding hydrogens is 354 g/mol. The van der Waals surface area contributed by atoms with Gasteiger partial charge in [0, 0.05) is 5.71 Å². The quantitative estimate of drug-likeness (QED) is 0.507. The lowest BCUT2D eigenvalue weighted by Gasteiger charge is -2.13. The summed E-state index contributed by atoms with van der Waals surface area (Å²) in [4.78, 5) is 17.7. The number of fused-ring (bicyclic) bond motifs is 2. The second-order valence-electron chi connectivity index (χ2n) is 6.75. The highest BCUT2D eigenvalue weighted by Gasteiger charge is 2.36. The van der Waals surface area contributed by atoms with Crippen molar-refractivity contribution in [3.63, 3.8) is 0 Å². The number of hydrogen-bond acceptors (Lipinski definition) is 4. The van der Waals surface area contributed by atoms with Crippen molar-refractivity contribution < 1.29 is 4.79 Å². The summed E-state index contributed by atoms with van der Waals surface area (Å²) >= 11 is 1.50. The largest absolute Gasteiger partial charge is 0.272 e. The van der Waals surface area contributed by atoms with Crippen LogP contribution in [0.3, 0.4) is 0 Å². The summed E-state index contributed by atoms with van der Waals surface area (Å²) in [6, 6.07) is 22.4. The molecule has 1 aromatic heterocycles. The first-order valence-corrected chi connectivity index (χ1v) is 9.73. The van der Waals surface area contributed by atoms with E-state index < -0.39 is 0 Å². The average molecular weight is 371 g/mol. The maximum absolute atomic E-state index is 13.1. The Balaban J connectivity index is 1.48. The topological polar surface area (TPSA) is 45.6 Å². The molecule has 0 bridgehead atoms. The van der Waals surface area contributed by atoms with Crippen molar-refractivity contribution in [3.8, 4) is 0 Å². The monoisotopic (exact) mass is 371 g/mol. The highest BCUT2D eigenvalue weighted by atomic mass is 32.1. The van der Waals surface area contributed by atoms with E-state index >= 15 is 0 Å². The van der Waals surface area contributed by atoms with Crippen LogP contribution in [0, 0.1) is 5.92 Å². The molecule has 5 heteroatoms. The van der Waals surface area contributed by atoms with Crippen LogP contribution >= 0.6 is 11.3 Å². The molecule has 1 atom stereocenters. The van der Waals surface area contributed by atoms with E-state index in [9.17, 15) is 4.79 Å². The fraction of sp³-hybridized carbons (Fsp3) is 0.136. The summed E-state index contributed by atoms with van der Waals surface area (Å²) in [6.45, 7) is 1.93. The Labute approximate surface area is 160 Å². The Morgan fingerprint density at radius 3 is 2.67 bits per heavy atom. The van der Waals surface area contributed by atoms with Gasteiger partial charge in [0.05, 0.1) is 16.1 Å². The lowest BCUT2D eigenvalue weighted by atomic mass is 9.92. The number of thiazole rings is 1. The lowest BCUT2D eigenvalue weighted by molar-refractivity contribution is -0.119. The van der Waals surface area contributed by atoms with Gasteiger partial charge in [0.1, 0.15) is 0 Å². The van der Waals surface area contributed by atoms with Crippen LogP contribution in [-0.4, -0.2) is 16.6 Å². The first-order valence-electron chi connectivity index (χ1n) is 8.92. The predicted octanol–water partition coefficient (Wildman–Crippen LogP) is 5.03. The number of aromatic nitrogens is 1. The number of carbonyl (C=O) groups excluding carboxylic acids is 1. The molecule has 0 N–H and O–H groups in total. The zero-order valence-electron chi connectivity index (χ0n) is 14.8. The standard InChI is InChI=1S/C22H17N3OS/c1-14-18(13-16-9-6-8-15-7-2-3-10-17(15)16)21(26)25(24-14)22-23-19-11-4-5-12-20(19)27-22/h2-12,18H,13H2,1H3. The van der Waals surface area contributed by atoms with Crippen LogP contribution in [0.5, 0.6) is 0 Å². The number of rotatable bonds is 3.